The van der Waals surface area contributed by atoms with Crippen molar-refractivity contribution in [3.8, 4) is 5.75 Å². The maximum absolute atomic E-state index is 11.1. The number of aryl methyl sites for hydroxylation is 1. The van der Waals surface area contributed by atoms with Crippen molar-refractivity contribution in [2.75, 3.05) is 0 Å². The van der Waals surface area contributed by atoms with Gasteiger partial charge in [-0.25, -0.2) is 4.57 Å². The van der Waals surface area contributed by atoms with Gasteiger partial charge in [0.25, 0.3) is 0 Å². The summed E-state index contributed by atoms with van der Waals surface area (Å²) in [4.78, 5) is 18.1. The molecule has 120 valence electrons. The lowest BCUT2D eigenvalue weighted by atomic mass is 9.96. The number of hydrogen-bond donors (Lipinski definition) is 2. The number of hydrogen-bond acceptors (Lipinski definition) is 2. The van der Waals surface area contributed by atoms with Gasteiger partial charge >= 0.3 is 7.82 Å². The van der Waals surface area contributed by atoms with Crippen LogP contribution in [-0.2, 0) is 17.4 Å². The number of phosphoric ester groups is 1. The predicted molar refractivity (Wildman–Crippen MR) is 85.6 cm³/mol. The predicted octanol–water partition coefficient (Wildman–Crippen LogP) is 4.62. The van der Waals surface area contributed by atoms with Crippen molar-refractivity contribution in [2.45, 2.75) is 65.2 Å². The minimum absolute atomic E-state index is 0.341. The fourth-order valence-corrected chi connectivity index (χ4v) is 2.89. The lowest BCUT2D eigenvalue weighted by Crippen LogP contribution is -2.01. The molecule has 0 amide bonds. The smallest absolute Gasteiger partial charge is 0.404 e. The van der Waals surface area contributed by atoms with Crippen LogP contribution < -0.4 is 4.52 Å². The molecular formula is C16H27O4P. The Bertz CT molecular complexity index is 467. The molecule has 0 saturated carbocycles. The standard InChI is InChI=1S/C16H27O4P/c1-3-5-7-10-14-11-9-13-16(20-21(17,18)19)15(14)12-8-6-4-2/h9,11,13H,3-8,10,12H2,1-2H3,(H2,17,18,19). The molecule has 21 heavy (non-hydrogen) atoms. The fraction of sp³-hybridized carbons (Fsp3) is 0.625. The topological polar surface area (TPSA) is 66.8 Å². The van der Waals surface area contributed by atoms with E-state index >= 15 is 0 Å². The van der Waals surface area contributed by atoms with Crippen LogP contribution in [0, 0.1) is 0 Å². The Morgan fingerprint density at radius 3 is 2.19 bits per heavy atom. The second kappa shape index (κ2) is 9.24. The Balaban J connectivity index is 2.93. The van der Waals surface area contributed by atoms with E-state index in [0.717, 1.165) is 62.5 Å². The summed E-state index contributed by atoms with van der Waals surface area (Å²) in [7, 11) is -4.51. The van der Waals surface area contributed by atoms with Crippen molar-refractivity contribution in [3.05, 3.63) is 29.3 Å². The molecule has 1 aromatic carbocycles. The van der Waals surface area contributed by atoms with Gasteiger partial charge in [0.05, 0.1) is 0 Å². The minimum Gasteiger partial charge on any atom is -0.404 e. The van der Waals surface area contributed by atoms with E-state index in [-0.39, 0.29) is 0 Å². The van der Waals surface area contributed by atoms with Gasteiger partial charge in [0.2, 0.25) is 0 Å². The molecule has 2 N–H and O–H groups in total. The zero-order chi connectivity index (χ0) is 15.7. The van der Waals surface area contributed by atoms with Gasteiger partial charge in [0.1, 0.15) is 5.75 Å². The monoisotopic (exact) mass is 314 g/mol. The molecular weight excluding hydrogens is 287 g/mol. The maximum atomic E-state index is 11.1. The summed E-state index contributed by atoms with van der Waals surface area (Å²) in [6.07, 6.45) is 8.40. The van der Waals surface area contributed by atoms with E-state index in [1.54, 1.807) is 6.07 Å². The third kappa shape index (κ3) is 7.12. The van der Waals surface area contributed by atoms with Crippen molar-refractivity contribution >= 4 is 7.82 Å². The lowest BCUT2D eigenvalue weighted by molar-refractivity contribution is 0.282. The molecule has 0 aliphatic carbocycles. The lowest BCUT2D eigenvalue weighted by Gasteiger charge is -2.16. The van der Waals surface area contributed by atoms with Crippen LogP contribution in [0.1, 0.15) is 63.5 Å². The number of rotatable bonds is 10. The first-order valence-electron chi connectivity index (χ1n) is 7.83. The summed E-state index contributed by atoms with van der Waals surface area (Å²) < 4.78 is 16.0. The molecule has 1 rings (SSSR count). The third-order valence-electron chi connectivity index (χ3n) is 3.53. The summed E-state index contributed by atoms with van der Waals surface area (Å²) >= 11 is 0. The van der Waals surface area contributed by atoms with E-state index < -0.39 is 7.82 Å². The molecule has 0 atom stereocenters. The van der Waals surface area contributed by atoms with Crippen LogP contribution >= 0.6 is 7.82 Å². The van der Waals surface area contributed by atoms with Gasteiger partial charge in [0, 0.05) is 0 Å². The minimum atomic E-state index is -4.51. The third-order valence-corrected chi connectivity index (χ3v) is 3.96. The molecule has 0 radical (unpaired) electrons. The average Bonchev–Trinajstić information content (AvgIpc) is 2.40. The summed E-state index contributed by atoms with van der Waals surface area (Å²) in [5, 5.41) is 0. The molecule has 5 heteroatoms. The molecule has 0 unspecified atom stereocenters. The summed E-state index contributed by atoms with van der Waals surface area (Å²) in [6, 6.07) is 5.52. The highest BCUT2D eigenvalue weighted by atomic mass is 31.2. The Labute approximate surface area is 127 Å². The van der Waals surface area contributed by atoms with Crippen LogP contribution in [0.4, 0.5) is 0 Å². The van der Waals surface area contributed by atoms with Crippen LogP contribution in [0.5, 0.6) is 5.75 Å². The molecule has 0 spiro atoms. The van der Waals surface area contributed by atoms with E-state index in [2.05, 4.69) is 13.8 Å². The highest BCUT2D eigenvalue weighted by Gasteiger charge is 2.19. The first kappa shape index (κ1) is 18.2. The van der Waals surface area contributed by atoms with Gasteiger partial charge < -0.3 is 4.52 Å². The molecule has 0 heterocycles. The van der Waals surface area contributed by atoms with Gasteiger partial charge in [-0.05, 0) is 42.9 Å². The first-order valence-corrected chi connectivity index (χ1v) is 9.36. The normalized spacial score (nSPS) is 11.6. The van der Waals surface area contributed by atoms with Crippen molar-refractivity contribution in [3.63, 3.8) is 0 Å². The van der Waals surface area contributed by atoms with Crippen LogP contribution in [0.2, 0.25) is 0 Å². The number of phosphoric acid groups is 1. The van der Waals surface area contributed by atoms with Crippen molar-refractivity contribution in [1.82, 2.24) is 0 Å². The average molecular weight is 314 g/mol. The quantitative estimate of drug-likeness (QED) is 0.488. The highest BCUT2D eigenvalue weighted by Crippen LogP contribution is 2.40. The second-order valence-corrected chi connectivity index (χ2v) is 6.55. The van der Waals surface area contributed by atoms with E-state index in [1.807, 2.05) is 12.1 Å². The second-order valence-electron chi connectivity index (χ2n) is 5.39. The zero-order valence-electron chi connectivity index (χ0n) is 13.0. The van der Waals surface area contributed by atoms with E-state index in [1.165, 1.54) is 0 Å². The van der Waals surface area contributed by atoms with Crippen molar-refractivity contribution < 1.29 is 18.9 Å². The molecule has 1 aromatic rings. The molecule has 0 bridgehead atoms. The number of benzene rings is 1. The van der Waals surface area contributed by atoms with E-state index in [4.69, 9.17) is 14.3 Å². The van der Waals surface area contributed by atoms with Gasteiger partial charge in [-0.3, -0.25) is 9.79 Å². The zero-order valence-corrected chi connectivity index (χ0v) is 13.9. The Kier molecular flexibility index (Phi) is 8.02. The Hall–Kier alpha value is -0.830. The highest BCUT2D eigenvalue weighted by molar-refractivity contribution is 7.46. The van der Waals surface area contributed by atoms with Gasteiger partial charge in [-0.15, -0.1) is 0 Å². The molecule has 0 aliphatic rings. The van der Waals surface area contributed by atoms with Gasteiger partial charge in [-0.1, -0.05) is 51.7 Å². The summed E-state index contributed by atoms with van der Waals surface area (Å²) in [5.74, 6) is 0.341. The number of unbranched alkanes of at least 4 members (excludes halogenated alkanes) is 4. The maximum Gasteiger partial charge on any atom is 0.524 e. The largest absolute Gasteiger partial charge is 0.524 e. The van der Waals surface area contributed by atoms with Crippen LogP contribution in [-0.4, -0.2) is 9.79 Å². The van der Waals surface area contributed by atoms with Crippen molar-refractivity contribution in [2.24, 2.45) is 0 Å². The first-order chi connectivity index (χ1) is 9.98. The van der Waals surface area contributed by atoms with E-state index in [0.29, 0.717) is 5.75 Å². The summed E-state index contributed by atoms with van der Waals surface area (Å²) in [5.41, 5.74) is 2.12. The SMILES string of the molecule is CCCCCc1cccc(OP(=O)(O)O)c1CCCCC. The van der Waals surface area contributed by atoms with Crippen LogP contribution in [0.25, 0.3) is 0 Å². The Morgan fingerprint density at radius 1 is 1.00 bits per heavy atom. The molecule has 4 nitrogen and oxygen atoms in total. The van der Waals surface area contributed by atoms with Gasteiger partial charge in [0.15, 0.2) is 0 Å². The van der Waals surface area contributed by atoms with E-state index in [9.17, 15) is 4.57 Å². The fourth-order valence-electron chi connectivity index (χ4n) is 2.46. The van der Waals surface area contributed by atoms with Crippen molar-refractivity contribution in [1.29, 1.82) is 0 Å². The molecule has 0 fully saturated rings. The summed E-state index contributed by atoms with van der Waals surface area (Å²) in [6.45, 7) is 4.30. The molecule has 0 saturated heterocycles. The van der Waals surface area contributed by atoms with Crippen LogP contribution in [0.3, 0.4) is 0 Å². The molecule has 0 aliphatic heterocycles. The Morgan fingerprint density at radius 2 is 1.62 bits per heavy atom. The molecule has 0 aromatic heterocycles. The van der Waals surface area contributed by atoms with Gasteiger partial charge in [-0.2, -0.15) is 0 Å². The van der Waals surface area contributed by atoms with Crippen LogP contribution in [0.15, 0.2) is 18.2 Å².